The highest BCUT2D eigenvalue weighted by Gasteiger charge is 2.37. The van der Waals surface area contributed by atoms with Crippen molar-refractivity contribution in [3.63, 3.8) is 0 Å². The number of nitrogens with zero attached hydrogens (tertiary/aromatic N) is 4. The third kappa shape index (κ3) is 8.97. The number of benzene rings is 3. The second-order valence-electron chi connectivity index (χ2n) is 14.0. The molecule has 2 aromatic heterocycles. The first-order chi connectivity index (χ1) is 26.6. The lowest BCUT2D eigenvalue weighted by Crippen LogP contribution is -2.51. The van der Waals surface area contributed by atoms with Gasteiger partial charge in [-0.3, -0.25) is 9.59 Å². The molecule has 0 aliphatic carbocycles. The summed E-state index contributed by atoms with van der Waals surface area (Å²) < 4.78 is 9.33. The zero-order valence-electron chi connectivity index (χ0n) is 31.8. The predicted octanol–water partition coefficient (Wildman–Crippen LogP) is 6.43. The van der Waals surface area contributed by atoms with Gasteiger partial charge in [0.1, 0.15) is 24.2 Å². The van der Waals surface area contributed by atoms with Crippen molar-refractivity contribution in [2.45, 2.75) is 58.7 Å². The van der Waals surface area contributed by atoms with Crippen LogP contribution in [0.3, 0.4) is 0 Å². The smallest absolute Gasteiger partial charge is 0.407 e. The monoisotopic (exact) mass is 748 g/mol. The Labute approximate surface area is 320 Å². The molecule has 0 radical (unpaired) electrons. The summed E-state index contributed by atoms with van der Waals surface area (Å²) >= 11 is 0. The Morgan fingerprint density at radius 2 is 1.53 bits per heavy atom. The number of aromatic amines is 2. The number of H-pyrrole nitrogens is 2. The summed E-state index contributed by atoms with van der Waals surface area (Å²) in [5, 5.41) is 5.14. The van der Waals surface area contributed by atoms with Crippen LogP contribution >= 0.6 is 0 Å². The minimum absolute atomic E-state index is 0.105. The van der Waals surface area contributed by atoms with Gasteiger partial charge in [0.2, 0.25) is 11.8 Å². The highest BCUT2D eigenvalue weighted by Crippen LogP contribution is 2.34. The normalized spacial score (nSPS) is 14.5. The number of nitrogens with one attached hydrogen (secondary N) is 4. The quantitative estimate of drug-likeness (QED) is 0.107. The Morgan fingerprint density at radius 1 is 0.891 bits per heavy atom. The van der Waals surface area contributed by atoms with E-state index in [0.29, 0.717) is 25.5 Å². The second kappa shape index (κ2) is 17.3. The van der Waals surface area contributed by atoms with E-state index in [1.54, 1.807) is 11.1 Å². The van der Waals surface area contributed by atoms with Gasteiger partial charge in [-0.25, -0.2) is 19.6 Å². The van der Waals surface area contributed by atoms with Gasteiger partial charge in [0.05, 0.1) is 49.7 Å². The Hall–Kier alpha value is -6.18. The molecule has 0 spiro atoms. The molecule has 1 saturated heterocycles. The minimum atomic E-state index is -0.688. The maximum atomic E-state index is 13.6. The van der Waals surface area contributed by atoms with Crippen molar-refractivity contribution in [2.75, 3.05) is 33.9 Å². The SMILES string of the molecule is CCCN(Cc1ncc(-c2ccc(-c3ccc(-c4ccc5nc([C@@H]6CCCN6C(=O)[C@@H](NC(=O)OC)C(C)C)[nH]c5c4)cc3)cc2)[nH]1)C(=O)CNC(=O)OC. The van der Waals surface area contributed by atoms with E-state index in [0.717, 1.165) is 69.6 Å². The van der Waals surface area contributed by atoms with Gasteiger partial charge in [-0.05, 0) is 65.1 Å². The van der Waals surface area contributed by atoms with E-state index >= 15 is 0 Å². The van der Waals surface area contributed by atoms with Crippen LogP contribution in [0, 0.1) is 5.92 Å². The van der Waals surface area contributed by atoms with Crippen LogP contribution in [-0.2, 0) is 25.6 Å². The maximum absolute atomic E-state index is 13.6. The average Bonchev–Trinajstić information content (AvgIpc) is 3.98. The number of hydrogen-bond donors (Lipinski definition) is 4. The zero-order chi connectivity index (χ0) is 39.1. The van der Waals surface area contributed by atoms with Gasteiger partial charge in [0.25, 0.3) is 0 Å². The fourth-order valence-corrected chi connectivity index (χ4v) is 6.92. The lowest BCUT2D eigenvalue weighted by Gasteiger charge is -2.29. The molecular formula is C41H48N8O6. The lowest BCUT2D eigenvalue weighted by atomic mass is 9.99. The number of carbonyl (C=O) groups excluding carboxylic acids is 4. The molecule has 14 heteroatoms. The van der Waals surface area contributed by atoms with E-state index in [1.807, 2.05) is 43.9 Å². The number of fused-ring (bicyclic) bond motifs is 1. The van der Waals surface area contributed by atoms with Crippen molar-refractivity contribution in [3.8, 4) is 33.5 Å². The lowest BCUT2D eigenvalue weighted by molar-refractivity contribution is -0.135. The van der Waals surface area contributed by atoms with Crippen LogP contribution in [-0.4, -0.2) is 93.6 Å². The van der Waals surface area contributed by atoms with Gasteiger partial charge in [0, 0.05) is 13.1 Å². The standard InChI is InChI=1S/C41H48N8O6/c1-6-19-48(36(50)23-43-40(52)54-4)24-35-42-22-33(44-35)29-15-13-27(14-16-29)26-9-11-28(12-10-26)30-17-18-31-32(21-30)46-38(45-31)34-8-7-20-49(34)39(51)37(25(2)3)47-41(53)55-5/h9-18,21-22,25,34,37H,6-8,19-20,23-24H2,1-5H3,(H,42,44)(H,43,52)(H,45,46)(H,47,53)/t34-,37-/m0/s1. The Balaban J connectivity index is 1.11. The third-order valence-electron chi connectivity index (χ3n) is 9.88. The summed E-state index contributed by atoms with van der Waals surface area (Å²) in [5.41, 5.74) is 7.77. The molecule has 3 heterocycles. The summed E-state index contributed by atoms with van der Waals surface area (Å²) in [7, 11) is 2.55. The number of methoxy groups -OCH3 is 2. The van der Waals surface area contributed by atoms with Gasteiger partial charge in [0.15, 0.2) is 0 Å². The van der Waals surface area contributed by atoms with Crippen LogP contribution in [0.25, 0.3) is 44.5 Å². The Kier molecular flexibility index (Phi) is 12.1. The molecule has 0 bridgehead atoms. The van der Waals surface area contributed by atoms with Crippen molar-refractivity contribution >= 4 is 35.0 Å². The maximum Gasteiger partial charge on any atom is 0.407 e. The van der Waals surface area contributed by atoms with E-state index in [-0.39, 0.29) is 30.3 Å². The zero-order valence-corrected chi connectivity index (χ0v) is 31.8. The summed E-state index contributed by atoms with van der Waals surface area (Å²) in [6.45, 7) is 7.07. The van der Waals surface area contributed by atoms with Crippen molar-refractivity contribution < 1.29 is 28.7 Å². The van der Waals surface area contributed by atoms with E-state index < -0.39 is 18.2 Å². The van der Waals surface area contributed by atoms with Crippen LogP contribution in [0.5, 0.6) is 0 Å². The molecule has 14 nitrogen and oxygen atoms in total. The van der Waals surface area contributed by atoms with Crippen molar-refractivity contribution in [1.29, 1.82) is 0 Å². The minimum Gasteiger partial charge on any atom is -0.453 e. The van der Waals surface area contributed by atoms with E-state index in [9.17, 15) is 19.2 Å². The molecule has 1 aliphatic rings. The van der Waals surface area contributed by atoms with Crippen LogP contribution in [0.2, 0.25) is 0 Å². The first-order valence-corrected chi connectivity index (χ1v) is 18.6. The molecule has 0 saturated carbocycles. The van der Waals surface area contributed by atoms with E-state index in [4.69, 9.17) is 9.72 Å². The van der Waals surface area contributed by atoms with Crippen molar-refractivity contribution in [3.05, 3.63) is 84.6 Å². The fourth-order valence-electron chi connectivity index (χ4n) is 6.92. The van der Waals surface area contributed by atoms with Gasteiger partial charge >= 0.3 is 12.2 Å². The van der Waals surface area contributed by atoms with Gasteiger partial charge in [-0.1, -0.05) is 75.4 Å². The van der Waals surface area contributed by atoms with Crippen LogP contribution in [0.15, 0.2) is 72.9 Å². The first kappa shape index (κ1) is 38.5. The molecule has 6 rings (SSSR count). The molecule has 4 amide bonds. The number of imidazole rings is 2. The van der Waals surface area contributed by atoms with Crippen LogP contribution < -0.4 is 10.6 Å². The highest BCUT2D eigenvalue weighted by molar-refractivity contribution is 5.87. The molecule has 4 N–H and O–H groups in total. The molecule has 3 aromatic carbocycles. The predicted molar refractivity (Wildman–Crippen MR) is 209 cm³/mol. The summed E-state index contributed by atoms with van der Waals surface area (Å²) in [5.74, 6) is 0.931. The van der Waals surface area contributed by atoms with E-state index in [2.05, 4.69) is 78.9 Å². The number of rotatable bonds is 13. The Bertz CT molecular complexity index is 2120. The number of amides is 4. The van der Waals surface area contributed by atoms with Crippen molar-refractivity contribution in [1.82, 2.24) is 40.4 Å². The molecular weight excluding hydrogens is 701 g/mol. The average molecular weight is 749 g/mol. The third-order valence-corrected chi connectivity index (χ3v) is 9.88. The summed E-state index contributed by atoms with van der Waals surface area (Å²) in [4.78, 5) is 69.3. The molecule has 0 unspecified atom stereocenters. The molecule has 2 atom stereocenters. The molecule has 1 aliphatic heterocycles. The number of aromatic nitrogens is 4. The summed E-state index contributed by atoms with van der Waals surface area (Å²) in [6, 6.07) is 21.9. The number of likely N-dealkylation sites (tertiary alicyclic amines) is 1. The number of carbonyl (C=O) groups is 4. The number of hydrogen-bond acceptors (Lipinski definition) is 8. The van der Waals surface area contributed by atoms with Gasteiger partial charge < -0.3 is 39.9 Å². The summed E-state index contributed by atoms with van der Waals surface area (Å²) in [6.07, 6.45) is 2.89. The number of alkyl carbamates (subject to hydrolysis) is 2. The van der Waals surface area contributed by atoms with Crippen molar-refractivity contribution in [2.24, 2.45) is 5.92 Å². The highest BCUT2D eigenvalue weighted by atomic mass is 16.5. The molecule has 288 valence electrons. The molecule has 55 heavy (non-hydrogen) atoms. The Morgan fingerprint density at radius 3 is 2.16 bits per heavy atom. The largest absolute Gasteiger partial charge is 0.453 e. The number of ether oxygens (including phenoxy) is 2. The molecule has 5 aromatic rings. The van der Waals surface area contributed by atoms with Crippen LogP contribution in [0.1, 0.15) is 57.7 Å². The van der Waals surface area contributed by atoms with Gasteiger partial charge in [-0.2, -0.15) is 0 Å². The van der Waals surface area contributed by atoms with E-state index in [1.165, 1.54) is 14.2 Å². The van der Waals surface area contributed by atoms with Gasteiger partial charge in [-0.15, -0.1) is 0 Å². The topological polar surface area (TPSA) is 175 Å². The fraction of sp³-hybridized carbons (Fsp3) is 0.366. The first-order valence-electron chi connectivity index (χ1n) is 18.6. The van der Waals surface area contributed by atoms with Crippen LogP contribution in [0.4, 0.5) is 9.59 Å². The second-order valence-corrected chi connectivity index (χ2v) is 14.0. The molecule has 1 fully saturated rings.